The Bertz CT molecular complexity index is 564. The lowest BCUT2D eigenvalue weighted by atomic mass is 10.1. The molecule has 20 heavy (non-hydrogen) atoms. The van der Waals surface area contributed by atoms with Gasteiger partial charge in [0.25, 0.3) is 5.91 Å². The Hall–Kier alpha value is -1.81. The molecule has 0 aliphatic heterocycles. The summed E-state index contributed by atoms with van der Waals surface area (Å²) in [6, 6.07) is 12.0. The number of amides is 1. The van der Waals surface area contributed by atoms with Crippen molar-refractivity contribution in [3.8, 4) is 0 Å². The molecule has 2 aromatic rings. The fourth-order valence-electron chi connectivity index (χ4n) is 2.02. The van der Waals surface area contributed by atoms with Crippen LogP contribution in [0.2, 0.25) is 0 Å². The lowest BCUT2D eigenvalue weighted by Gasteiger charge is -2.20. The van der Waals surface area contributed by atoms with Crippen LogP contribution in [0.15, 0.2) is 41.8 Å². The number of thiophene rings is 1. The molecule has 0 aliphatic rings. The predicted molar refractivity (Wildman–Crippen MR) is 85.3 cm³/mol. The van der Waals surface area contributed by atoms with Crippen LogP contribution in [0.25, 0.3) is 0 Å². The highest BCUT2D eigenvalue weighted by Gasteiger charge is 2.16. The lowest BCUT2D eigenvalue weighted by Crippen LogP contribution is -2.27. The van der Waals surface area contributed by atoms with Crippen LogP contribution >= 0.6 is 11.3 Å². The van der Waals surface area contributed by atoms with E-state index < -0.39 is 0 Å². The van der Waals surface area contributed by atoms with E-state index in [4.69, 9.17) is 0 Å². The average Bonchev–Trinajstić information content (AvgIpc) is 2.90. The molecule has 0 atom stereocenters. The lowest BCUT2D eigenvalue weighted by molar-refractivity contribution is 0.0787. The normalized spacial score (nSPS) is 10.6. The van der Waals surface area contributed by atoms with E-state index in [-0.39, 0.29) is 5.91 Å². The Morgan fingerprint density at radius 2 is 2.00 bits per heavy atom. The number of hydrogen-bond donors (Lipinski definition) is 1. The summed E-state index contributed by atoms with van der Waals surface area (Å²) in [5, 5.41) is 5.35. The van der Waals surface area contributed by atoms with Gasteiger partial charge >= 0.3 is 0 Å². The van der Waals surface area contributed by atoms with E-state index in [9.17, 15) is 4.79 Å². The molecule has 4 heteroatoms. The van der Waals surface area contributed by atoms with Gasteiger partial charge in [0, 0.05) is 23.7 Å². The van der Waals surface area contributed by atoms with Crippen molar-refractivity contribution in [3.63, 3.8) is 0 Å². The molecule has 0 fully saturated rings. The number of nitrogens with one attached hydrogen (secondary N) is 1. The summed E-state index contributed by atoms with van der Waals surface area (Å²) in [6.45, 7) is 4.78. The van der Waals surface area contributed by atoms with Crippen LogP contribution in [0.5, 0.6) is 0 Å². The molecule has 2 rings (SSSR count). The van der Waals surface area contributed by atoms with Crippen molar-refractivity contribution in [1.82, 2.24) is 4.90 Å². The van der Waals surface area contributed by atoms with Gasteiger partial charge in [0.05, 0.1) is 12.1 Å². The first-order valence-corrected chi connectivity index (χ1v) is 7.59. The third-order valence-corrected chi connectivity index (χ3v) is 3.78. The zero-order chi connectivity index (χ0) is 14.5. The van der Waals surface area contributed by atoms with E-state index in [1.807, 2.05) is 48.8 Å². The molecule has 3 nitrogen and oxygen atoms in total. The topological polar surface area (TPSA) is 32.3 Å². The molecule has 1 heterocycles. The Balaban J connectivity index is 2.15. The molecule has 1 N–H and O–H groups in total. The van der Waals surface area contributed by atoms with Gasteiger partial charge in [-0.3, -0.25) is 4.79 Å². The molecule has 106 valence electrons. The SMILES string of the molecule is CC(C)Nc1ccccc1C(=O)N(C)Cc1cccs1. The molecule has 0 saturated carbocycles. The van der Waals surface area contributed by atoms with Crippen LogP contribution in [0.3, 0.4) is 0 Å². The molecular formula is C16H20N2OS. The number of para-hydroxylation sites is 1. The monoisotopic (exact) mass is 288 g/mol. The van der Waals surface area contributed by atoms with Crippen LogP contribution in [0.1, 0.15) is 29.1 Å². The first-order valence-electron chi connectivity index (χ1n) is 6.71. The summed E-state index contributed by atoms with van der Waals surface area (Å²) < 4.78 is 0. The average molecular weight is 288 g/mol. The molecule has 0 radical (unpaired) electrons. The molecule has 1 amide bonds. The van der Waals surface area contributed by atoms with Gasteiger partial charge in [0.2, 0.25) is 0 Å². The van der Waals surface area contributed by atoms with E-state index in [0.29, 0.717) is 12.6 Å². The van der Waals surface area contributed by atoms with Gasteiger partial charge < -0.3 is 10.2 Å². The first-order chi connectivity index (χ1) is 9.58. The smallest absolute Gasteiger partial charge is 0.256 e. The van der Waals surface area contributed by atoms with Crippen LogP contribution in [-0.4, -0.2) is 23.9 Å². The van der Waals surface area contributed by atoms with Crippen LogP contribution < -0.4 is 5.32 Å². The summed E-state index contributed by atoms with van der Waals surface area (Å²) in [5.41, 5.74) is 1.62. The molecule has 1 aromatic heterocycles. The van der Waals surface area contributed by atoms with Gasteiger partial charge in [-0.25, -0.2) is 0 Å². The fourth-order valence-corrected chi connectivity index (χ4v) is 2.78. The van der Waals surface area contributed by atoms with Crippen LogP contribution in [0.4, 0.5) is 5.69 Å². The van der Waals surface area contributed by atoms with E-state index in [0.717, 1.165) is 11.3 Å². The van der Waals surface area contributed by atoms with Crippen molar-refractivity contribution in [2.75, 3.05) is 12.4 Å². The minimum Gasteiger partial charge on any atom is -0.382 e. The summed E-state index contributed by atoms with van der Waals surface area (Å²) in [5.74, 6) is 0.0437. The highest BCUT2D eigenvalue weighted by molar-refractivity contribution is 7.09. The van der Waals surface area contributed by atoms with Crippen molar-refractivity contribution < 1.29 is 4.79 Å². The maximum atomic E-state index is 12.6. The van der Waals surface area contributed by atoms with Crippen LogP contribution in [0, 0.1) is 0 Å². The number of benzene rings is 1. The number of hydrogen-bond acceptors (Lipinski definition) is 3. The third kappa shape index (κ3) is 3.61. The van der Waals surface area contributed by atoms with E-state index in [2.05, 4.69) is 19.2 Å². The van der Waals surface area contributed by atoms with Gasteiger partial charge in [0.1, 0.15) is 0 Å². The third-order valence-electron chi connectivity index (χ3n) is 2.92. The highest BCUT2D eigenvalue weighted by Crippen LogP contribution is 2.19. The fraction of sp³-hybridized carbons (Fsp3) is 0.312. The number of carbonyl (C=O) groups is 1. The molecule has 0 saturated heterocycles. The van der Waals surface area contributed by atoms with E-state index in [1.54, 1.807) is 16.2 Å². The number of rotatable bonds is 5. The molecule has 1 aromatic carbocycles. The summed E-state index contributed by atoms with van der Waals surface area (Å²) in [7, 11) is 1.84. The molecule has 0 spiro atoms. The minimum absolute atomic E-state index is 0.0437. The van der Waals surface area contributed by atoms with Gasteiger partial charge in [0.15, 0.2) is 0 Å². The number of anilines is 1. The van der Waals surface area contributed by atoms with E-state index in [1.165, 1.54) is 4.88 Å². The van der Waals surface area contributed by atoms with Gasteiger partial charge in [-0.05, 0) is 37.4 Å². The van der Waals surface area contributed by atoms with Crippen molar-refractivity contribution in [3.05, 3.63) is 52.2 Å². The van der Waals surface area contributed by atoms with Crippen molar-refractivity contribution in [2.45, 2.75) is 26.4 Å². The van der Waals surface area contributed by atoms with Crippen molar-refractivity contribution in [1.29, 1.82) is 0 Å². The molecular weight excluding hydrogens is 268 g/mol. The zero-order valence-corrected chi connectivity index (χ0v) is 12.9. The summed E-state index contributed by atoms with van der Waals surface area (Å²) >= 11 is 1.67. The highest BCUT2D eigenvalue weighted by atomic mass is 32.1. The predicted octanol–water partition coefficient (Wildman–Crippen LogP) is 3.84. The second kappa shape index (κ2) is 6.57. The Morgan fingerprint density at radius 3 is 2.65 bits per heavy atom. The summed E-state index contributed by atoms with van der Waals surface area (Å²) in [4.78, 5) is 15.5. The largest absolute Gasteiger partial charge is 0.382 e. The Morgan fingerprint density at radius 1 is 1.25 bits per heavy atom. The number of nitrogens with zero attached hydrogens (tertiary/aromatic N) is 1. The molecule has 0 bridgehead atoms. The molecule has 0 aliphatic carbocycles. The van der Waals surface area contributed by atoms with Gasteiger partial charge in [-0.15, -0.1) is 11.3 Å². The zero-order valence-electron chi connectivity index (χ0n) is 12.1. The first kappa shape index (κ1) is 14.6. The quantitative estimate of drug-likeness (QED) is 0.906. The van der Waals surface area contributed by atoms with E-state index >= 15 is 0 Å². The Labute approximate surface area is 124 Å². The van der Waals surface area contributed by atoms with Crippen molar-refractivity contribution >= 4 is 22.9 Å². The van der Waals surface area contributed by atoms with Gasteiger partial charge in [-0.1, -0.05) is 18.2 Å². The maximum absolute atomic E-state index is 12.6. The standard InChI is InChI=1S/C16H20N2OS/c1-12(2)17-15-9-5-4-8-14(15)16(19)18(3)11-13-7-6-10-20-13/h4-10,12,17H,11H2,1-3H3. The second-order valence-electron chi connectivity index (χ2n) is 5.09. The molecule has 0 unspecified atom stereocenters. The maximum Gasteiger partial charge on any atom is 0.256 e. The minimum atomic E-state index is 0.0437. The van der Waals surface area contributed by atoms with Gasteiger partial charge in [-0.2, -0.15) is 0 Å². The number of carbonyl (C=O) groups excluding carboxylic acids is 1. The second-order valence-corrected chi connectivity index (χ2v) is 6.12. The van der Waals surface area contributed by atoms with Crippen LogP contribution in [-0.2, 0) is 6.54 Å². The van der Waals surface area contributed by atoms with Crippen molar-refractivity contribution in [2.24, 2.45) is 0 Å². The summed E-state index contributed by atoms with van der Waals surface area (Å²) in [6.07, 6.45) is 0. The Kier molecular flexibility index (Phi) is 4.79.